The van der Waals surface area contributed by atoms with Gasteiger partial charge in [0, 0.05) is 10.0 Å². The molecule has 1 atom stereocenters. The van der Waals surface area contributed by atoms with Gasteiger partial charge in [-0.05, 0) is 6.42 Å². The molecule has 0 rings (SSSR count). The predicted octanol–water partition coefficient (Wildman–Crippen LogP) is 2.79. The molecule has 10 heavy (non-hydrogen) atoms. The molecule has 0 N–H and O–H groups in total. The maximum absolute atomic E-state index is 10.5. The van der Waals surface area contributed by atoms with E-state index >= 15 is 0 Å². The van der Waals surface area contributed by atoms with E-state index < -0.39 is 12.8 Å². The average molecular weight is 145 g/mol. The molecule has 0 aliphatic rings. The van der Waals surface area contributed by atoms with Gasteiger partial charge in [-0.3, -0.25) is 0 Å². The van der Waals surface area contributed by atoms with E-state index in [1.807, 2.05) is 0 Å². The van der Waals surface area contributed by atoms with Gasteiger partial charge in [0.2, 0.25) is 0 Å². The molecular formula is C9H18O. The molecule has 0 spiro atoms. The number of aldehydes is 1. The summed E-state index contributed by atoms with van der Waals surface area (Å²) in [5, 5.41) is 0. The standard InChI is InChI=1S/C9H18O/c1-3-4-5-6-7-9(2)8-10/h8-9H,3-7H2,1-2H3/i2D3. The van der Waals surface area contributed by atoms with E-state index in [4.69, 9.17) is 4.11 Å². The molecule has 0 heterocycles. The summed E-state index contributed by atoms with van der Waals surface area (Å²) in [5.41, 5.74) is 0. The highest BCUT2D eigenvalue weighted by Gasteiger charge is 1.97. The minimum Gasteiger partial charge on any atom is -0.303 e. The predicted molar refractivity (Wildman–Crippen MR) is 44.0 cm³/mol. The summed E-state index contributed by atoms with van der Waals surface area (Å²) in [7, 11) is 0. The molecular weight excluding hydrogens is 124 g/mol. The summed E-state index contributed by atoms with van der Waals surface area (Å²) in [6.07, 6.45) is 5.18. The molecule has 0 aromatic heterocycles. The third-order valence-corrected chi connectivity index (χ3v) is 1.53. The first kappa shape index (κ1) is 5.34. The lowest BCUT2D eigenvalue weighted by Gasteiger charge is -2.00. The first-order valence-corrected chi connectivity index (χ1v) is 3.97. The fourth-order valence-corrected chi connectivity index (χ4v) is 0.859. The Bertz CT molecular complexity index is 142. The quantitative estimate of drug-likeness (QED) is 0.415. The third kappa shape index (κ3) is 5.80. The van der Waals surface area contributed by atoms with Crippen molar-refractivity contribution in [2.45, 2.75) is 45.9 Å². The van der Waals surface area contributed by atoms with Crippen molar-refractivity contribution < 1.29 is 8.91 Å². The van der Waals surface area contributed by atoms with Gasteiger partial charge in [-0.1, -0.05) is 39.5 Å². The van der Waals surface area contributed by atoms with Gasteiger partial charge in [0.25, 0.3) is 0 Å². The van der Waals surface area contributed by atoms with Gasteiger partial charge < -0.3 is 4.79 Å². The van der Waals surface area contributed by atoms with Gasteiger partial charge in [0.05, 0.1) is 0 Å². The smallest absolute Gasteiger partial charge is 0.122 e. The Balaban J connectivity index is 3.67. The molecule has 0 aromatic carbocycles. The summed E-state index contributed by atoms with van der Waals surface area (Å²) in [6, 6.07) is 0. The lowest BCUT2D eigenvalue weighted by molar-refractivity contribution is -0.110. The Hall–Kier alpha value is -0.330. The van der Waals surface area contributed by atoms with Crippen molar-refractivity contribution in [3.63, 3.8) is 0 Å². The number of carbonyl (C=O) groups is 1. The Kier molecular flexibility index (Phi) is 3.62. The molecule has 0 amide bonds. The van der Waals surface area contributed by atoms with Crippen LogP contribution in [0.4, 0.5) is 0 Å². The van der Waals surface area contributed by atoms with Gasteiger partial charge in [0.1, 0.15) is 6.29 Å². The topological polar surface area (TPSA) is 17.1 Å². The average Bonchev–Trinajstić information content (AvgIpc) is 2.02. The largest absolute Gasteiger partial charge is 0.303 e. The number of hydrogen-bond acceptors (Lipinski definition) is 1. The molecule has 1 unspecified atom stereocenters. The van der Waals surface area contributed by atoms with Crippen molar-refractivity contribution >= 4 is 6.29 Å². The normalized spacial score (nSPS) is 18.7. The highest BCUT2D eigenvalue weighted by molar-refractivity contribution is 5.52. The summed E-state index contributed by atoms with van der Waals surface area (Å²) < 4.78 is 21.2. The molecule has 0 saturated heterocycles. The van der Waals surface area contributed by atoms with Crippen LogP contribution in [0.1, 0.15) is 50.0 Å². The second-order valence-corrected chi connectivity index (χ2v) is 2.59. The van der Waals surface area contributed by atoms with E-state index in [1.54, 1.807) is 0 Å². The van der Waals surface area contributed by atoms with Crippen molar-refractivity contribution in [2.75, 3.05) is 0 Å². The van der Waals surface area contributed by atoms with Gasteiger partial charge >= 0.3 is 0 Å². The van der Waals surface area contributed by atoms with Crippen LogP contribution in [-0.4, -0.2) is 6.29 Å². The molecule has 0 bridgehead atoms. The molecule has 1 nitrogen and oxygen atoms in total. The van der Waals surface area contributed by atoms with Crippen LogP contribution >= 0.6 is 0 Å². The first-order valence-electron chi connectivity index (χ1n) is 5.47. The minimum atomic E-state index is -2.10. The highest BCUT2D eigenvalue weighted by Crippen LogP contribution is 2.07. The Morgan fingerprint density at radius 3 is 2.80 bits per heavy atom. The van der Waals surface area contributed by atoms with Gasteiger partial charge in [-0.25, -0.2) is 0 Å². The van der Waals surface area contributed by atoms with Crippen molar-refractivity contribution in [3.8, 4) is 0 Å². The number of carbonyl (C=O) groups excluding carboxylic acids is 1. The number of rotatable bonds is 6. The molecule has 0 aromatic rings. The molecule has 0 saturated carbocycles. The zero-order valence-electron chi connectivity index (χ0n) is 9.60. The van der Waals surface area contributed by atoms with Crippen LogP contribution in [0, 0.1) is 5.92 Å². The van der Waals surface area contributed by atoms with E-state index in [2.05, 4.69) is 6.92 Å². The SMILES string of the molecule is [2H]C([2H])([2H])C(C=O)CCCCCC. The first-order chi connectivity index (χ1) is 6.02. The van der Waals surface area contributed by atoms with Crippen LogP contribution in [0.5, 0.6) is 0 Å². The van der Waals surface area contributed by atoms with E-state index in [0.717, 1.165) is 25.7 Å². The van der Waals surface area contributed by atoms with Crippen molar-refractivity contribution in [3.05, 3.63) is 0 Å². The third-order valence-electron chi connectivity index (χ3n) is 1.53. The summed E-state index contributed by atoms with van der Waals surface area (Å²) in [5.74, 6) is -0.760. The maximum Gasteiger partial charge on any atom is 0.122 e. The van der Waals surface area contributed by atoms with Crippen LogP contribution in [0.2, 0.25) is 0 Å². The number of unbranched alkanes of at least 4 members (excludes halogenated alkanes) is 3. The molecule has 0 aliphatic carbocycles. The van der Waals surface area contributed by atoms with Crippen LogP contribution in [-0.2, 0) is 4.79 Å². The summed E-state index contributed by atoms with van der Waals surface area (Å²) in [6.45, 7) is -0.00503. The fourth-order valence-electron chi connectivity index (χ4n) is 0.859. The maximum atomic E-state index is 10.5. The monoisotopic (exact) mass is 145 g/mol. The van der Waals surface area contributed by atoms with Gasteiger partial charge in [-0.15, -0.1) is 0 Å². The Morgan fingerprint density at radius 2 is 2.30 bits per heavy atom. The second-order valence-electron chi connectivity index (χ2n) is 2.59. The molecule has 60 valence electrons. The van der Waals surface area contributed by atoms with Crippen molar-refractivity contribution in [1.82, 2.24) is 0 Å². The summed E-state index contributed by atoms with van der Waals surface area (Å²) >= 11 is 0. The second kappa shape index (κ2) is 6.79. The Morgan fingerprint density at radius 1 is 1.50 bits per heavy atom. The van der Waals surface area contributed by atoms with Gasteiger partial charge in [-0.2, -0.15) is 0 Å². The summed E-state index contributed by atoms with van der Waals surface area (Å²) in [4.78, 5) is 10.5. The van der Waals surface area contributed by atoms with E-state index in [-0.39, 0.29) is 0 Å². The van der Waals surface area contributed by atoms with E-state index in [1.165, 1.54) is 0 Å². The molecule has 0 fully saturated rings. The zero-order chi connectivity index (χ0) is 10.3. The molecule has 1 heteroatoms. The van der Waals surface area contributed by atoms with Crippen LogP contribution in [0.15, 0.2) is 0 Å². The van der Waals surface area contributed by atoms with Crippen LogP contribution in [0.25, 0.3) is 0 Å². The van der Waals surface area contributed by atoms with Crippen LogP contribution < -0.4 is 0 Å². The fraction of sp³-hybridized carbons (Fsp3) is 0.889. The lowest BCUT2D eigenvalue weighted by Crippen LogP contribution is -1.94. The van der Waals surface area contributed by atoms with Crippen molar-refractivity contribution in [1.29, 1.82) is 0 Å². The molecule has 0 aliphatic heterocycles. The lowest BCUT2D eigenvalue weighted by atomic mass is 10.0. The number of hydrogen-bond donors (Lipinski definition) is 0. The molecule has 0 radical (unpaired) electrons. The van der Waals surface area contributed by atoms with Crippen molar-refractivity contribution in [2.24, 2.45) is 5.92 Å². The van der Waals surface area contributed by atoms with E-state index in [9.17, 15) is 4.79 Å². The minimum absolute atomic E-state index is 0.500. The highest BCUT2D eigenvalue weighted by atomic mass is 16.1. The van der Waals surface area contributed by atoms with Gasteiger partial charge in [0.15, 0.2) is 0 Å². The zero-order valence-corrected chi connectivity index (χ0v) is 6.60. The van der Waals surface area contributed by atoms with E-state index in [0.29, 0.717) is 12.7 Å². The Labute approximate surface area is 68.0 Å². The van der Waals surface area contributed by atoms with Crippen LogP contribution in [0.3, 0.4) is 0 Å².